The van der Waals surface area contributed by atoms with E-state index < -0.39 is 12.1 Å². The van der Waals surface area contributed by atoms with Crippen LogP contribution in [0, 0.1) is 0 Å². The van der Waals surface area contributed by atoms with Gasteiger partial charge in [-0.1, -0.05) is 0 Å². The van der Waals surface area contributed by atoms with Gasteiger partial charge in [0.05, 0.1) is 25.8 Å². The maximum atomic E-state index is 12.4. The van der Waals surface area contributed by atoms with Crippen molar-refractivity contribution in [2.24, 2.45) is 0 Å². The summed E-state index contributed by atoms with van der Waals surface area (Å²) in [5.41, 5.74) is 12.6. The highest BCUT2D eigenvalue weighted by molar-refractivity contribution is 6.00. The van der Waals surface area contributed by atoms with Crippen molar-refractivity contribution in [3.8, 4) is 0 Å². The van der Waals surface area contributed by atoms with E-state index in [2.05, 4.69) is 4.74 Å². The molecule has 0 aromatic heterocycles. The Balaban J connectivity index is 2.14. The van der Waals surface area contributed by atoms with Crippen molar-refractivity contribution in [1.29, 1.82) is 0 Å². The van der Waals surface area contributed by atoms with Gasteiger partial charge in [-0.2, -0.15) is 0 Å². The number of rotatable bonds is 2. The lowest BCUT2D eigenvalue weighted by molar-refractivity contribution is -0.158. The summed E-state index contributed by atoms with van der Waals surface area (Å²) in [7, 11) is 1.28. The number of benzene rings is 1. The van der Waals surface area contributed by atoms with Crippen molar-refractivity contribution in [3.63, 3.8) is 0 Å². The quantitative estimate of drug-likeness (QED) is 0.576. The third-order valence-electron chi connectivity index (χ3n) is 3.12. The van der Waals surface area contributed by atoms with Gasteiger partial charge in [0.15, 0.2) is 6.10 Å². The van der Waals surface area contributed by atoms with Crippen LogP contribution in [0.1, 0.15) is 10.4 Å². The molecule has 1 aromatic rings. The average molecular weight is 279 g/mol. The molecule has 7 heteroatoms. The first-order chi connectivity index (χ1) is 9.52. The van der Waals surface area contributed by atoms with Crippen molar-refractivity contribution in [1.82, 2.24) is 4.90 Å². The molecule has 2 rings (SSSR count). The molecule has 1 amide bonds. The predicted octanol–water partition coefficient (Wildman–Crippen LogP) is -0.135. The molecular weight excluding hydrogens is 262 g/mol. The standard InChI is InChI=1S/C13H17N3O4/c1-19-13(18)11-7-16(4-5-20-11)12(17)9-3-2-8(14)6-10(9)15/h2-3,6,11H,4-5,7,14-15H2,1H3. The van der Waals surface area contributed by atoms with E-state index in [1.165, 1.54) is 18.1 Å². The molecule has 1 atom stereocenters. The molecule has 1 fully saturated rings. The highest BCUT2D eigenvalue weighted by Crippen LogP contribution is 2.19. The zero-order valence-electron chi connectivity index (χ0n) is 11.2. The van der Waals surface area contributed by atoms with Crippen molar-refractivity contribution in [2.75, 3.05) is 38.3 Å². The Kier molecular flexibility index (Phi) is 4.09. The van der Waals surface area contributed by atoms with Crippen LogP contribution in [-0.2, 0) is 14.3 Å². The van der Waals surface area contributed by atoms with Crippen LogP contribution in [0.2, 0.25) is 0 Å². The van der Waals surface area contributed by atoms with Gasteiger partial charge in [0.25, 0.3) is 5.91 Å². The number of anilines is 2. The summed E-state index contributed by atoms with van der Waals surface area (Å²) >= 11 is 0. The molecule has 1 unspecified atom stereocenters. The smallest absolute Gasteiger partial charge is 0.336 e. The maximum Gasteiger partial charge on any atom is 0.336 e. The van der Waals surface area contributed by atoms with Crippen molar-refractivity contribution >= 4 is 23.3 Å². The lowest BCUT2D eigenvalue weighted by Crippen LogP contribution is -2.49. The number of carbonyl (C=O) groups excluding carboxylic acids is 2. The maximum absolute atomic E-state index is 12.4. The molecule has 0 bridgehead atoms. The van der Waals surface area contributed by atoms with Crippen LogP contribution in [0.5, 0.6) is 0 Å². The van der Waals surface area contributed by atoms with Gasteiger partial charge in [0.2, 0.25) is 0 Å². The number of nitrogens with zero attached hydrogens (tertiary/aromatic N) is 1. The predicted molar refractivity (Wildman–Crippen MR) is 72.9 cm³/mol. The fraction of sp³-hybridized carbons (Fsp3) is 0.385. The Labute approximate surface area is 116 Å². The molecule has 7 nitrogen and oxygen atoms in total. The molecule has 4 N–H and O–H groups in total. The summed E-state index contributed by atoms with van der Waals surface area (Å²) < 4.78 is 9.90. The van der Waals surface area contributed by atoms with Gasteiger partial charge in [-0.25, -0.2) is 4.79 Å². The van der Waals surface area contributed by atoms with Crippen molar-refractivity contribution in [3.05, 3.63) is 23.8 Å². The van der Waals surface area contributed by atoms with Crippen LogP contribution < -0.4 is 11.5 Å². The fourth-order valence-corrected chi connectivity index (χ4v) is 2.05. The number of carbonyl (C=O) groups is 2. The highest BCUT2D eigenvalue weighted by atomic mass is 16.6. The summed E-state index contributed by atoms with van der Waals surface area (Å²) in [4.78, 5) is 25.4. The van der Waals surface area contributed by atoms with Gasteiger partial charge in [-0.3, -0.25) is 4.79 Å². The van der Waals surface area contributed by atoms with Crippen LogP contribution in [0.25, 0.3) is 0 Å². The molecule has 20 heavy (non-hydrogen) atoms. The minimum atomic E-state index is -0.757. The number of hydrogen-bond donors (Lipinski definition) is 2. The number of amides is 1. The number of hydrogen-bond acceptors (Lipinski definition) is 6. The molecule has 0 aliphatic carbocycles. The SMILES string of the molecule is COC(=O)C1CN(C(=O)c2ccc(N)cc2N)CCO1. The van der Waals surface area contributed by atoms with E-state index in [1.54, 1.807) is 12.1 Å². The van der Waals surface area contributed by atoms with E-state index in [-0.39, 0.29) is 19.1 Å². The summed E-state index contributed by atoms with van der Waals surface area (Å²) in [5, 5.41) is 0. The zero-order valence-corrected chi connectivity index (χ0v) is 11.2. The first-order valence-electron chi connectivity index (χ1n) is 6.16. The number of morpholine rings is 1. The van der Waals surface area contributed by atoms with E-state index >= 15 is 0 Å². The van der Waals surface area contributed by atoms with Crippen LogP contribution >= 0.6 is 0 Å². The molecule has 108 valence electrons. The minimum Gasteiger partial charge on any atom is -0.467 e. The molecule has 1 aromatic carbocycles. The second-order valence-corrected chi connectivity index (χ2v) is 4.48. The van der Waals surface area contributed by atoms with Gasteiger partial charge in [0.1, 0.15) is 0 Å². The van der Waals surface area contributed by atoms with E-state index in [0.717, 1.165) is 0 Å². The van der Waals surface area contributed by atoms with Crippen molar-refractivity contribution in [2.45, 2.75) is 6.10 Å². The molecule has 1 heterocycles. The first-order valence-corrected chi connectivity index (χ1v) is 6.16. The molecule has 0 saturated carbocycles. The average Bonchev–Trinajstić information content (AvgIpc) is 2.46. The molecule has 1 aliphatic rings. The second kappa shape index (κ2) is 5.79. The number of ether oxygens (including phenoxy) is 2. The van der Waals surface area contributed by atoms with E-state index in [9.17, 15) is 9.59 Å². The van der Waals surface area contributed by atoms with Crippen LogP contribution in [0.15, 0.2) is 18.2 Å². The van der Waals surface area contributed by atoms with E-state index in [1.807, 2.05) is 0 Å². The molecule has 1 aliphatic heterocycles. The van der Waals surface area contributed by atoms with Gasteiger partial charge in [0, 0.05) is 17.9 Å². The summed E-state index contributed by atoms with van der Waals surface area (Å²) in [6, 6.07) is 4.73. The Morgan fingerprint density at radius 1 is 1.40 bits per heavy atom. The van der Waals surface area contributed by atoms with Gasteiger partial charge >= 0.3 is 5.97 Å². The molecular formula is C13H17N3O4. The Hall–Kier alpha value is -2.28. The zero-order chi connectivity index (χ0) is 14.7. The molecule has 1 saturated heterocycles. The third kappa shape index (κ3) is 2.83. The Bertz CT molecular complexity index is 532. The highest BCUT2D eigenvalue weighted by Gasteiger charge is 2.30. The topological polar surface area (TPSA) is 108 Å². The van der Waals surface area contributed by atoms with Gasteiger partial charge < -0.3 is 25.8 Å². The van der Waals surface area contributed by atoms with Crippen molar-refractivity contribution < 1.29 is 19.1 Å². The Morgan fingerprint density at radius 2 is 2.15 bits per heavy atom. The van der Waals surface area contributed by atoms with Gasteiger partial charge in [-0.15, -0.1) is 0 Å². The van der Waals surface area contributed by atoms with Crippen LogP contribution in [0.4, 0.5) is 11.4 Å². The second-order valence-electron chi connectivity index (χ2n) is 4.48. The number of nitrogens with two attached hydrogens (primary N) is 2. The molecule has 0 spiro atoms. The van der Waals surface area contributed by atoms with Gasteiger partial charge in [-0.05, 0) is 18.2 Å². The normalized spacial score (nSPS) is 18.6. The number of esters is 1. The Morgan fingerprint density at radius 3 is 2.80 bits per heavy atom. The summed E-state index contributed by atoms with van der Waals surface area (Å²) in [6.07, 6.45) is -0.757. The lowest BCUT2D eigenvalue weighted by Gasteiger charge is -2.31. The molecule has 0 radical (unpaired) electrons. The summed E-state index contributed by atoms with van der Waals surface area (Å²) in [5.74, 6) is -0.743. The fourth-order valence-electron chi connectivity index (χ4n) is 2.05. The minimum absolute atomic E-state index is 0.148. The summed E-state index contributed by atoms with van der Waals surface area (Å²) in [6.45, 7) is 0.825. The van der Waals surface area contributed by atoms with Crippen LogP contribution in [0.3, 0.4) is 0 Å². The third-order valence-corrected chi connectivity index (χ3v) is 3.12. The van der Waals surface area contributed by atoms with E-state index in [4.69, 9.17) is 16.2 Å². The first kappa shape index (κ1) is 14.1. The van der Waals surface area contributed by atoms with Crippen LogP contribution in [-0.4, -0.2) is 49.7 Å². The number of methoxy groups -OCH3 is 1. The monoisotopic (exact) mass is 279 g/mol. The lowest BCUT2D eigenvalue weighted by atomic mass is 10.1. The number of nitrogen functional groups attached to an aromatic ring is 2. The largest absolute Gasteiger partial charge is 0.467 e. The van der Waals surface area contributed by atoms with E-state index in [0.29, 0.717) is 23.5 Å².